The number of hydrogen-bond donors (Lipinski definition) is 0. The number of benzene rings is 1. The monoisotopic (exact) mass is 350 g/mol. The maximum Gasteiger partial charge on any atom is 0.311 e. The van der Waals surface area contributed by atoms with E-state index in [2.05, 4.69) is 0 Å². The van der Waals surface area contributed by atoms with Crippen LogP contribution in [0.2, 0.25) is 0 Å². The summed E-state index contributed by atoms with van der Waals surface area (Å²) >= 11 is 0. The molecular formula is C20H30O5. The average molecular weight is 350 g/mol. The van der Waals surface area contributed by atoms with Crippen molar-refractivity contribution in [2.24, 2.45) is 0 Å². The van der Waals surface area contributed by atoms with Gasteiger partial charge in [0.25, 0.3) is 0 Å². The fraction of sp³-hybridized carbons (Fsp3) is 0.600. The minimum absolute atomic E-state index is 0.170. The van der Waals surface area contributed by atoms with Gasteiger partial charge in [-0.25, -0.2) is 0 Å². The van der Waals surface area contributed by atoms with Crippen LogP contribution < -0.4 is 14.2 Å². The topological polar surface area (TPSA) is 61.8 Å². The zero-order chi connectivity index (χ0) is 18.9. The summed E-state index contributed by atoms with van der Waals surface area (Å²) in [5.41, 5.74) is -0.477. The van der Waals surface area contributed by atoms with E-state index in [0.29, 0.717) is 18.6 Å². The van der Waals surface area contributed by atoms with E-state index in [0.717, 1.165) is 25.7 Å². The molecule has 1 aromatic rings. The van der Waals surface area contributed by atoms with Crippen molar-refractivity contribution in [1.29, 1.82) is 0 Å². The maximum absolute atomic E-state index is 12.1. The zero-order valence-electron chi connectivity index (χ0n) is 16.0. The highest BCUT2D eigenvalue weighted by atomic mass is 16.6. The van der Waals surface area contributed by atoms with Gasteiger partial charge in [0, 0.05) is 12.8 Å². The molecule has 0 saturated heterocycles. The molecule has 5 nitrogen and oxygen atoms in total. The van der Waals surface area contributed by atoms with E-state index in [1.54, 1.807) is 18.2 Å². The van der Waals surface area contributed by atoms with Gasteiger partial charge in [0.15, 0.2) is 11.5 Å². The number of hydrogen-bond acceptors (Lipinski definition) is 5. The molecule has 140 valence electrons. The predicted molar refractivity (Wildman–Crippen MR) is 97.1 cm³/mol. The Balaban J connectivity index is 3.06. The SMILES string of the molecule is CCCCC(=O)Oc1cccc(OC(C)(C)C)c1OC(=O)CCCC. The minimum Gasteiger partial charge on any atom is -0.484 e. The van der Waals surface area contributed by atoms with E-state index in [4.69, 9.17) is 14.2 Å². The van der Waals surface area contributed by atoms with Crippen molar-refractivity contribution in [3.63, 3.8) is 0 Å². The van der Waals surface area contributed by atoms with Crippen LogP contribution >= 0.6 is 0 Å². The highest BCUT2D eigenvalue weighted by molar-refractivity contribution is 5.77. The van der Waals surface area contributed by atoms with Gasteiger partial charge in [-0.1, -0.05) is 32.8 Å². The molecule has 0 atom stereocenters. The fourth-order valence-electron chi connectivity index (χ4n) is 2.07. The van der Waals surface area contributed by atoms with Crippen LogP contribution in [0.4, 0.5) is 0 Å². The van der Waals surface area contributed by atoms with Crippen molar-refractivity contribution >= 4 is 11.9 Å². The first kappa shape index (κ1) is 21.0. The van der Waals surface area contributed by atoms with Gasteiger partial charge in [-0.15, -0.1) is 0 Å². The number of ether oxygens (including phenoxy) is 3. The smallest absolute Gasteiger partial charge is 0.311 e. The van der Waals surface area contributed by atoms with Crippen LogP contribution in [0.1, 0.15) is 73.1 Å². The number of carbonyl (C=O) groups excluding carboxylic acids is 2. The number of para-hydroxylation sites is 1. The van der Waals surface area contributed by atoms with Crippen molar-refractivity contribution in [3.05, 3.63) is 18.2 Å². The van der Waals surface area contributed by atoms with Crippen molar-refractivity contribution in [3.8, 4) is 17.2 Å². The Morgan fingerprint density at radius 2 is 1.40 bits per heavy atom. The van der Waals surface area contributed by atoms with Crippen LogP contribution in [0.3, 0.4) is 0 Å². The lowest BCUT2D eigenvalue weighted by Gasteiger charge is -2.23. The molecule has 0 spiro atoms. The molecule has 0 unspecified atom stereocenters. The molecule has 0 bridgehead atoms. The molecule has 0 amide bonds. The molecule has 0 N–H and O–H groups in total. The Morgan fingerprint density at radius 1 is 0.880 bits per heavy atom. The first-order chi connectivity index (χ1) is 11.8. The van der Waals surface area contributed by atoms with E-state index in [1.165, 1.54) is 0 Å². The molecule has 5 heteroatoms. The first-order valence-corrected chi connectivity index (χ1v) is 9.00. The van der Waals surface area contributed by atoms with Gasteiger partial charge in [-0.2, -0.15) is 0 Å². The fourth-order valence-corrected chi connectivity index (χ4v) is 2.07. The van der Waals surface area contributed by atoms with E-state index in [9.17, 15) is 9.59 Å². The summed E-state index contributed by atoms with van der Waals surface area (Å²) in [4.78, 5) is 24.1. The van der Waals surface area contributed by atoms with Crippen LogP contribution in [-0.4, -0.2) is 17.5 Å². The molecule has 1 rings (SSSR count). The highest BCUT2D eigenvalue weighted by Crippen LogP contribution is 2.39. The maximum atomic E-state index is 12.1. The average Bonchev–Trinajstić information content (AvgIpc) is 2.52. The Labute approximate surface area is 150 Å². The van der Waals surface area contributed by atoms with Crippen LogP contribution in [0.5, 0.6) is 17.2 Å². The molecule has 0 fully saturated rings. The van der Waals surface area contributed by atoms with Gasteiger partial charge < -0.3 is 14.2 Å². The second kappa shape index (κ2) is 10.1. The molecule has 0 aromatic heterocycles. The van der Waals surface area contributed by atoms with Crippen LogP contribution in [0.25, 0.3) is 0 Å². The molecule has 0 radical (unpaired) electrons. The van der Waals surface area contributed by atoms with E-state index in [-0.39, 0.29) is 23.4 Å². The summed E-state index contributed by atoms with van der Waals surface area (Å²) < 4.78 is 16.8. The summed E-state index contributed by atoms with van der Waals surface area (Å²) in [6.07, 6.45) is 3.93. The van der Waals surface area contributed by atoms with Crippen molar-refractivity contribution in [2.45, 2.75) is 78.7 Å². The zero-order valence-corrected chi connectivity index (χ0v) is 16.0. The Morgan fingerprint density at radius 3 is 1.92 bits per heavy atom. The van der Waals surface area contributed by atoms with Crippen molar-refractivity contribution in [2.75, 3.05) is 0 Å². The van der Waals surface area contributed by atoms with Crippen molar-refractivity contribution < 1.29 is 23.8 Å². The molecular weight excluding hydrogens is 320 g/mol. The Hall–Kier alpha value is -2.04. The Bertz CT molecular complexity index is 572. The second-order valence-corrected chi connectivity index (χ2v) is 6.95. The number of carbonyl (C=O) groups is 2. The molecule has 1 aromatic carbocycles. The quantitative estimate of drug-likeness (QED) is 0.460. The minimum atomic E-state index is -0.477. The summed E-state index contributed by atoms with van der Waals surface area (Å²) in [7, 11) is 0. The molecule has 0 aliphatic carbocycles. The van der Waals surface area contributed by atoms with E-state index in [1.807, 2.05) is 34.6 Å². The molecule has 0 aliphatic rings. The van der Waals surface area contributed by atoms with Gasteiger partial charge in [0.2, 0.25) is 5.75 Å². The van der Waals surface area contributed by atoms with Crippen LogP contribution in [0.15, 0.2) is 18.2 Å². The predicted octanol–water partition coefficient (Wildman–Crippen LogP) is 5.06. The van der Waals surface area contributed by atoms with Gasteiger partial charge in [0.05, 0.1) is 0 Å². The third-order valence-electron chi connectivity index (χ3n) is 3.27. The van der Waals surface area contributed by atoms with E-state index >= 15 is 0 Å². The number of unbranched alkanes of at least 4 members (excludes halogenated alkanes) is 2. The third-order valence-corrected chi connectivity index (χ3v) is 3.27. The highest BCUT2D eigenvalue weighted by Gasteiger charge is 2.22. The van der Waals surface area contributed by atoms with Gasteiger partial charge in [-0.3, -0.25) is 9.59 Å². The van der Waals surface area contributed by atoms with E-state index < -0.39 is 5.60 Å². The van der Waals surface area contributed by atoms with Gasteiger partial charge in [0.1, 0.15) is 5.60 Å². The lowest BCUT2D eigenvalue weighted by atomic mass is 10.2. The summed E-state index contributed by atoms with van der Waals surface area (Å²) in [6.45, 7) is 9.71. The summed E-state index contributed by atoms with van der Waals surface area (Å²) in [5.74, 6) is 0.0625. The number of rotatable bonds is 9. The van der Waals surface area contributed by atoms with Crippen molar-refractivity contribution in [1.82, 2.24) is 0 Å². The summed E-state index contributed by atoms with van der Waals surface area (Å²) in [6, 6.07) is 5.03. The number of esters is 2. The van der Waals surface area contributed by atoms with Gasteiger partial charge in [-0.05, 0) is 45.7 Å². The normalized spacial score (nSPS) is 11.1. The lowest BCUT2D eigenvalue weighted by molar-refractivity contribution is -0.137. The summed E-state index contributed by atoms with van der Waals surface area (Å²) in [5, 5.41) is 0. The van der Waals surface area contributed by atoms with Crippen LogP contribution in [-0.2, 0) is 9.59 Å². The van der Waals surface area contributed by atoms with Crippen LogP contribution in [0, 0.1) is 0 Å². The molecule has 0 heterocycles. The Kier molecular flexibility index (Phi) is 8.46. The molecule has 25 heavy (non-hydrogen) atoms. The molecule has 0 aliphatic heterocycles. The second-order valence-electron chi connectivity index (χ2n) is 6.95. The lowest BCUT2D eigenvalue weighted by Crippen LogP contribution is -2.24. The standard InChI is InChI=1S/C20H30O5/c1-6-8-13-17(21)23-15-11-10-12-16(25-20(3,4)5)19(15)24-18(22)14-9-7-2/h10-12H,6-9,13-14H2,1-5H3. The van der Waals surface area contributed by atoms with Gasteiger partial charge >= 0.3 is 11.9 Å². The largest absolute Gasteiger partial charge is 0.484 e. The molecule has 0 saturated carbocycles. The first-order valence-electron chi connectivity index (χ1n) is 9.00. The third kappa shape index (κ3) is 8.05.